The average molecular weight is 250 g/mol. The maximum atomic E-state index is 13.3. The summed E-state index contributed by atoms with van der Waals surface area (Å²) in [5, 5.41) is 2.57. The summed E-state index contributed by atoms with van der Waals surface area (Å²) < 4.78 is 13.3. The molecule has 0 saturated carbocycles. The van der Waals surface area contributed by atoms with Gasteiger partial charge in [-0.1, -0.05) is 6.92 Å². The summed E-state index contributed by atoms with van der Waals surface area (Å²) in [5.41, 5.74) is 1.21. The highest BCUT2D eigenvalue weighted by Crippen LogP contribution is 2.36. The number of benzene rings is 1. The predicted molar refractivity (Wildman–Crippen MR) is 65.6 cm³/mol. The molecule has 2 amide bonds. The quantitative estimate of drug-likeness (QED) is 0.888. The Bertz CT molecular complexity index is 502. The zero-order valence-electron chi connectivity index (χ0n) is 10.4. The summed E-state index contributed by atoms with van der Waals surface area (Å²) in [7, 11) is 0. The van der Waals surface area contributed by atoms with Crippen molar-refractivity contribution in [3.8, 4) is 0 Å². The van der Waals surface area contributed by atoms with Gasteiger partial charge in [0.15, 0.2) is 0 Å². The minimum Gasteiger partial charge on any atom is -0.341 e. The highest BCUT2D eigenvalue weighted by atomic mass is 19.1. The van der Waals surface area contributed by atoms with Gasteiger partial charge >= 0.3 is 0 Å². The number of carbonyl (C=O) groups is 2. The molecule has 0 saturated heterocycles. The van der Waals surface area contributed by atoms with Crippen LogP contribution in [0.5, 0.6) is 0 Å². The van der Waals surface area contributed by atoms with E-state index in [1.54, 1.807) is 11.0 Å². The molecule has 1 aliphatic rings. The van der Waals surface area contributed by atoms with E-state index < -0.39 is 11.9 Å². The number of fused-ring (bicyclic) bond motifs is 1. The zero-order valence-corrected chi connectivity index (χ0v) is 10.4. The van der Waals surface area contributed by atoms with Crippen LogP contribution in [0, 0.1) is 5.82 Å². The van der Waals surface area contributed by atoms with Crippen molar-refractivity contribution < 1.29 is 14.0 Å². The van der Waals surface area contributed by atoms with Gasteiger partial charge in [-0.2, -0.15) is 0 Å². The number of rotatable bonds is 3. The van der Waals surface area contributed by atoms with Crippen LogP contribution in [0.15, 0.2) is 18.2 Å². The Balaban J connectivity index is 2.43. The monoisotopic (exact) mass is 250 g/mol. The molecule has 1 heterocycles. The van der Waals surface area contributed by atoms with Gasteiger partial charge in [0.2, 0.25) is 5.91 Å². The third-order valence-electron chi connectivity index (χ3n) is 2.90. The van der Waals surface area contributed by atoms with Crippen molar-refractivity contribution in [2.24, 2.45) is 0 Å². The maximum absolute atomic E-state index is 13.3. The highest BCUT2D eigenvalue weighted by Gasteiger charge is 2.37. The van der Waals surface area contributed by atoms with Crippen molar-refractivity contribution in [3.63, 3.8) is 0 Å². The fraction of sp³-hybridized carbons (Fsp3) is 0.385. The molecule has 0 aliphatic carbocycles. The van der Waals surface area contributed by atoms with E-state index in [2.05, 4.69) is 5.32 Å². The molecule has 2 rings (SSSR count). The summed E-state index contributed by atoms with van der Waals surface area (Å²) in [5.74, 6) is -0.912. The normalized spacial score (nSPS) is 17.8. The van der Waals surface area contributed by atoms with E-state index in [-0.39, 0.29) is 11.8 Å². The Morgan fingerprint density at radius 2 is 2.22 bits per heavy atom. The van der Waals surface area contributed by atoms with Crippen LogP contribution in [0.25, 0.3) is 0 Å². The highest BCUT2D eigenvalue weighted by molar-refractivity contribution is 6.06. The Kier molecular flexibility index (Phi) is 3.32. The third kappa shape index (κ3) is 2.08. The number of hydrogen-bond acceptors (Lipinski definition) is 2. The summed E-state index contributed by atoms with van der Waals surface area (Å²) >= 11 is 0. The lowest BCUT2D eigenvalue weighted by atomic mass is 10.1. The molecule has 0 unspecified atom stereocenters. The van der Waals surface area contributed by atoms with Gasteiger partial charge in [0.05, 0.1) is 0 Å². The topological polar surface area (TPSA) is 49.4 Å². The lowest BCUT2D eigenvalue weighted by molar-refractivity contribution is -0.126. The smallest absolute Gasteiger partial charge is 0.254 e. The molecule has 0 radical (unpaired) electrons. The van der Waals surface area contributed by atoms with Crippen LogP contribution in [0.4, 0.5) is 10.1 Å². The third-order valence-corrected chi connectivity index (χ3v) is 2.90. The standard InChI is InChI=1S/C13H15FN2O2/c1-3-6-16-11-5-4-9(14)7-10(11)12(13(16)18)15-8(2)17/h4-5,7,12H,3,6H2,1-2H3,(H,15,17)/t12-/m0/s1. The molecule has 0 aromatic heterocycles. The second-order valence-corrected chi connectivity index (χ2v) is 4.33. The number of halogens is 1. The van der Waals surface area contributed by atoms with Crippen LogP contribution in [0.1, 0.15) is 31.9 Å². The van der Waals surface area contributed by atoms with Crippen molar-refractivity contribution in [2.45, 2.75) is 26.3 Å². The van der Waals surface area contributed by atoms with Crippen molar-refractivity contribution in [3.05, 3.63) is 29.6 Å². The molecule has 1 aliphatic heterocycles. The van der Waals surface area contributed by atoms with E-state index in [9.17, 15) is 14.0 Å². The van der Waals surface area contributed by atoms with E-state index in [0.29, 0.717) is 17.8 Å². The van der Waals surface area contributed by atoms with Crippen molar-refractivity contribution in [2.75, 3.05) is 11.4 Å². The number of nitrogens with zero attached hydrogens (tertiary/aromatic N) is 1. The van der Waals surface area contributed by atoms with Crippen LogP contribution < -0.4 is 10.2 Å². The number of anilines is 1. The molecule has 18 heavy (non-hydrogen) atoms. The van der Waals surface area contributed by atoms with Crippen LogP contribution in [0.3, 0.4) is 0 Å². The Labute approximate surface area is 105 Å². The van der Waals surface area contributed by atoms with Crippen LogP contribution >= 0.6 is 0 Å². The summed E-state index contributed by atoms with van der Waals surface area (Å²) in [6.45, 7) is 3.87. The summed E-state index contributed by atoms with van der Waals surface area (Å²) in [6.07, 6.45) is 0.801. The van der Waals surface area contributed by atoms with Gasteiger partial charge in [-0.3, -0.25) is 9.59 Å². The molecule has 0 fully saturated rings. The van der Waals surface area contributed by atoms with Crippen molar-refractivity contribution in [1.29, 1.82) is 0 Å². The molecule has 96 valence electrons. The fourth-order valence-electron chi connectivity index (χ4n) is 2.21. The fourth-order valence-corrected chi connectivity index (χ4v) is 2.21. The number of nitrogens with one attached hydrogen (secondary N) is 1. The van der Waals surface area contributed by atoms with Crippen molar-refractivity contribution in [1.82, 2.24) is 5.32 Å². The molecule has 1 atom stereocenters. The summed E-state index contributed by atoms with van der Waals surface area (Å²) in [4.78, 5) is 24.9. The Morgan fingerprint density at radius 1 is 1.50 bits per heavy atom. The van der Waals surface area contributed by atoms with Gasteiger partial charge in [-0.25, -0.2) is 4.39 Å². The molecule has 4 nitrogen and oxygen atoms in total. The molecule has 0 spiro atoms. The van der Waals surface area contributed by atoms with E-state index in [4.69, 9.17) is 0 Å². The van der Waals surface area contributed by atoms with Gasteiger partial charge in [0.25, 0.3) is 5.91 Å². The zero-order chi connectivity index (χ0) is 13.3. The Morgan fingerprint density at radius 3 is 2.83 bits per heavy atom. The number of amides is 2. The van der Waals surface area contributed by atoms with Crippen LogP contribution in [0.2, 0.25) is 0 Å². The molecular formula is C13H15FN2O2. The molecule has 5 heteroatoms. The number of carbonyl (C=O) groups excluding carboxylic acids is 2. The van der Waals surface area contributed by atoms with E-state index in [1.165, 1.54) is 19.1 Å². The first-order valence-electron chi connectivity index (χ1n) is 5.92. The van der Waals surface area contributed by atoms with Crippen molar-refractivity contribution >= 4 is 17.5 Å². The largest absolute Gasteiger partial charge is 0.341 e. The van der Waals surface area contributed by atoms with E-state index >= 15 is 0 Å². The second kappa shape index (κ2) is 4.76. The van der Waals surface area contributed by atoms with Gasteiger partial charge in [-0.15, -0.1) is 0 Å². The van der Waals surface area contributed by atoms with Gasteiger partial charge in [-0.05, 0) is 24.6 Å². The number of hydrogen-bond donors (Lipinski definition) is 1. The van der Waals surface area contributed by atoms with Crippen LogP contribution in [-0.2, 0) is 9.59 Å². The molecule has 1 N–H and O–H groups in total. The SMILES string of the molecule is CCCN1C(=O)[C@@H](NC(C)=O)c2cc(F)ccc21. The summed E-state index contributed by atoms with van der Waals surface area (Å²) in [6, 6.07) is 3.45. The lowest BCUT2D eigenvalue weighted by Crippen LogP contribution is -2.36. The second-order valence-electron chi connectivity index (χ2n) is 4.33. The van der Waals surface area contributed by atoms with E-state index in [1.807, 2.05) is 6.92 Å². The molecular weight excluding hydrogens is 235 g/mol. The first-order valence-corrected chi connectivity index (χ1v) is 5.92. The molecule has 1 aromatic rings. The lowest BCUT2D eigenvalue weighted by Gasteiger charge is -2.16. The van der Waals surface area contributed by atoms with Gasteiger partial charge < -0.3 is 10.2 Å². The Hall–Kier alpha value is -1.91. The molecule has 1 aromatic carbocycles. The minimum absolute atomic E-state index is 0.201. The molecule has 0 bridgehead atoms. The maximum Gasteiger partial charge on any atom is 0.254 e. The predicted octanol–water partition coefficient (Wildman–Crippen LogP) is 1.76. The minimum atomic E-state index is -0.764. The van der Waals surface area contributed by atoms with Gasteiger partial charge in [0, 0.05) is 24.7 Å². The van der Waals surface area contributed by atoms with Crippen LogP contribution in [-0.4, -0.2) is 18.4 Å². The average Bonchev–Trinajstić information content (AvgIpc) is 2.54. The first kappa shape index (κ1) is 12.5. The first-order chi connectivity index (χ1) is 8.54. The van der Waals surface area contributed by atoms with E-state index in [0.717, 1.165) is 6.42 Å². The van der Waals surface area contributed by atoms with Gasteiger partial charge in [0.1, 0.15) is 11.9 Å².